The lowest BCUT2D eigenvalue weighted by atomic mass is 10.2. The second-order valence-electron chi connectivity index (χ2n) is 2.10. The molecule has 1 rings (SSSR count). The monoisotopic (exact) mass is 184 g/mol. The van der Waals surface area contributed by atoms with Gasteiger partial charge in [-0.3, -0.25) is 10.1 Å². The van der Waals surface area contributed by atoms with Crippen LogP contribution in [0, 0.1) is 15.5 Å². The largest absolute Gasteiger partial charge is 0.308 e. The van der Waals surface area contributed by atoms with Crippen molar-refractivity contribution < 1.29 is 4.92 Å². The first-order valence-electron chi connectivity index (χ1n) is 3.09. The van der Waals surface area contributed by atoms with Crippen molar-refractivity contribution in [3.05, 3.63) is 38.9 Å². The molecule has 12 heavy (non-hydrogen) atoms. The molecule has 0 aromatic heterocycles. The van der Waals surface area contributed by atoms with Gasteiger partial charge in [0.05, 0.1) is 10.5 Å². The van der Waals surface area contributed by atoms with Gasteiger partial charge in [0.1, 0.15) is 0 Å². The van der Waals surface area contributed by atoms with Gasteiger partial charge < -0.3 is 5.41 Å². The van der Waals surface area contributed by atoms with Crippen molar-refractivity contribution in [2.75, 3.05) is 0 Å². The van der Waals surface area contributed by atoms with Gasteiger partial charge >= 0.3 is 0 Å². The molecule has 5 heteroatoms. The fraction of sp³-hybridized carbons (Fsp3) is 0. The molecule has 62 valence electrons. The summed E-state index contributed by atoms with van der Waals surface area (Å²) in [6, 6.07) is 4.09. The predicted molar refractivity (Wildman–Crippen MR) is 46.0 cm³/mol. The minimum Gasteiger partial charge on any atom is -0.308 e. The molecule has 0 aliphatic carbocycles. The summed E-state index contributed by atoms with van der Waals surface area (Å²) in [5.74, 6) is 0. The summed E-state index contributed by atoms with van der Waals surface area (Å²) in [6.45, 7) is 0. The fourth-order valence-corrected chi connectivity index (χ4v) is 0.988. The van der Waals surface area contributed by atoms with E-state index in [1.807, 2.05) is 0 Å². The molecule has 0 fully saturated rings. The number of hydrogen-bond donors (Lipinski definition) is 1. The summed E-state index contributed by atoms with van der Waals surface area (Å²) in [6.07, 6.45) is 0.907. The molecular weight excluding hydrogens is 180 g/mol. The van der Waals surface area contributed by atoms with E-state index in [2.05, 4.69) is 0 Å². The summed E-state index contributed by atoms with van der Waals surface area (Å²) in [7, 11) is 0. The Bertz CT molecular complexity index is 338. The Morgan fingerprint density at radius 1 is 1.58 bits per heavy atom. The molecule has 0 spiro atoms. The highest BCUT2D eigenvalue weighted by atomic mass is 35.5. The SMILES string of the molecule is N=Cc1cc(Cl)ccc1[N+](=O)[O-]. The Labute approximate surface area is 73.4 Å². The van der Waals surface area contributed by atoms with Gasteiger partial charge in [-0.15, -0.1) is 0 Å². The Hall–Kier alpha value is -1.42. The van der Waals surface area contributed by atoms with Gasteiger partial charge in [-0.05, 0) is 12.1 Å². The maximum Gasteiger partial charge on any atom is 0.278 e. The first kappa shape index (κ1) is 8.67. The first-order valence-corrected chi connectivity index (χ1v) is 3.47. The summed E-state index contributed by atoms with van der Waals surface area (Å²) in [4.78, 5) is 9.81. The predicted octanol–water partition coefficient (Wildman–Crippen LogP) is 2.25. The van der Waals surface area contributed by atoms with Crippen LogP contribution in [0.15, 0.2) is 18.2 Å². The zero-order valence-corrected chi connectivity index (χ0v) is 6.71. The molecular formula is C7H5ClN2O2. The number of hydrogen-bond acceptors (Lipinski definition) is 3. The summed E-state index contributed by atoms with van der Waals surface area (Å²) >= 11 is 5.57. The standard InChI is InChI=1S/C7H5ClN2O2/c8-6-1-2-7(10(11)12)5(3-6)4-9/h1-4,9H. The number of nitrogens with one attached hydrogen (secondary N) is 1. The lowest BCUT2D eigenvalue weighted by Crippen LogP contribution is -1.93. The van der Waals surface area contributed by atoms with Crippen LogP contribution < -0.4 is 0 Å². The van der Waals surface area contributed by atoms with Crippen LogP contribution in [-0.4, -0.2) is 11.1 Å². The van der Waals surface area contributed by atoms with Crippen molar-refractivity contribution in [3.63, 3.8) is 0 Å². The van der Waals surface area contributed by atoms with E-state index in [-0.39, 0.29) is 11.3 Å². The van der Waals surface area contributed by atoms with Crippen LogP contribution in [0.3, 0.4) is 0 Å². The van der Waals surface area contributed by atoms with Crippen LogP contribution in [-0.2, 0) is 0 Å². The Morgan fingerprint density at radius 3 is 2.75 bits per heavy atom. The molecule has 1 aromatic rings. The molecule has 4 nitrogen and oxygen atoms in total. The van der Waals surface area contributed by atoms with Crippen LogP contribution in [0.5, 0.6) is 0 Å². The minimum atomic E-state index is -0.545. The average Bonchev–Trinajstić information content (AvgIpc) is 2.03. The van der Waals surface area contributed by atoms with E-state index in [1.54, 1.807) is 0 Å². The number of nitro groups is 1. The van der Waals surface area contributed by atoms with Gasteiger partial charge in [0, 0.05) is 17.3 Å². The second kappa shape index (κ2) is 3.32. The lowest BCUT2D eigenvalue weighted by Gasteiger charge is -1.95. The van der Waals surface area contributed by atoms with Gasteiger partial charge in [-0.1, -0.05) is 11.6 Å². The number of halogens is 1. The summed E-state index contributed by atoms with van der Waals surface area (Å²) < 4.78 is 0. The Balaban J connectivity index is 3.29. The number of benzene rings is 1. The molecule has 0 radical (unpaired) electrons. The van der Waals surface area contributed by atoms with Gasteiger partial charge in [-0.25, -0.2) is 0 Å². The van der Waals surface area contributed by atoms with Gasteiger partial charge in [0.25, 0.3) is 5.69 Å². The normalized spacial score (nSPS) is 9.42. The van der Waals surface area contributed by atoms with Crippen molar-refractivity contribution in [2.24, 2.45) is 0 Å². The van der Waals surface area contributed by atoms with Crippen molar-refractivity contribution in [1.29, 1.82) is 5.41 Å². The molecule has 0 amide bonds. The molecule has 0 aliphatic rings. The van der Waals surface area contributed by atoms with Crippen molar-refractivity contribution in [1.82, 2.24) is 0 Å². The van der Waals surface area contributed by atoms with Crippen molar-refractivity contribution in [2.45, 2.75) is 0 Å². The minimum absolute atomic E-state index is 0.102. The lowest BCUT2D eigenvalue weighted by molar-refractivity contribution is -0.385. The van der Waals surface area contributed by atoms with E-state index in [0.29, 0.717) is 5.02 Å². The molecule has 1 aromatic carbocycles. The number of nitro benzene ring substituents is 1. The average molecular weight is 185 g/mol. The van der Waals surface area contributed by atoms with Crippen LogP contribution in [0.1, 0.15) is 5.56 Å². The zero-order chi connectivity index (χ0) is 9.14. The zero-order valence-electron chi connectivity index (χ0n) is 5.95. The molecule has 0 saturated carbocycles. The van der Waals surface area contributed by atoms with Crippen molar-refractivity contribution in [3.8, 4) is 0 Å². The summed E-state index contributed by atoms with van der Waals surface area (Å²) in [5, 5.41) is 17.6. The summed E-state index contributed by atoms with van der Waals surface area (Å²) in [5.41, 5.74) is 0.113. The third kappa shape index (κ3) is 1.60. The maximum absolute atomic E-state index is 10.4. The number of nitrogens with zero attached hydrogens (tertiary/aromatic N) is 1. The second-order valence-corrected chi connectivity index (χ2v) is 2.54. The molecule has 0 unspecified atom stereocenters. The Kier molecular flexibility index (Phi) is 2.40. The van der Waals surface area contributed by atoms with Crippen molar-refractivity contribution >= 4 is 23.5 Å². The smallest absolute Gasteiger partial charge is 0.278 e. The highest BCUT2D eigenvalue weighted by Gasteiger charge is 2.10. The van der Waals surface area contributed by atoms with Gasteiger partial charge in [0.15, 0.2) is 0 Å². The van der Waals surface area contributed by atoms with Crippen LogP contribution in [0.25, 0.3) is 0 Å². The third-order valence-electron chi connectivity index (χ3n) is 1.34. The molecule has 0 heterocycles. The van der Waals surface area contributed by atoms with E-state index < -0.39 is 4.92 Å². The van der Waals surface area contributed by atoms with Crippen LogP contribution in [0.4, 0.5) is 5.69 Å². The topological polar surface area (TPSA) is 67.0 Å². The molecule has 0 saturated heterocycles. The van der Waals surface area contributed by atoms with E-state index in [4.69, 9.17) is 17.0 Å². The first-order chi connectivity index (χ1) is 5.65. The third-order valence-corrected chi connectivity index (χ3v) is 1.58. The molecule has 0 atom stereocenters. The van der Waals surface area contributed by atoms with Gasteiger partial charge in [0.2, 0.25) is 0 Å². The maximum atomic E-state index is 10.4. The quantitative estimate of drug-likeness (QED) is 0.435. The van der Waals surface area contributed by atoms with Gasteiger partial charge in [-0.2, -0.15) is 0 Å². The van der Waals surface area contributed by atoms with E-state index in [1.165, 1.54) is 18.2 Å². The van der Waals surface area contributed by atoms with E-state index in [9.17, 15) is 10.1 Å². The fourth-order valence-electron chi connectivity index (χ4n) is 0.807. The van der Waals surface area contributed by atoms with E-state index >= 15 is 0 Å². The number of rotatable bonds is 2. The molecule has 0 bridgehead atoms. The highest BCUT2D eigenvalue weighted by Crippen LogP contribution is 2.20. The van der Waals surface area contributed by atoms with E-state index in [0.717, 1.165) is 6.21 Å². The highest BCUT2D eigenvalue weighted by molar-refractivity contribution is 6.31. The Morgan fingerprint density at radius 2 is 2.25 bits per heavy atom. The van der Waals surface area contributed by atoms with Crippen LogP contribution in [0.2, 0.25) is 5.02 Å². The molecule has 0 aliphatic heterocycles. The van der Waals surface area contributed by atoms with Crippen LogP contribution >= 0.6 is 11.6 Å². The molecule has 1 N–H and O–H groups in total.